The second-order valence-electron chi connectivity index (χ2n) is 7.84. The second kappa shape index (κ2) is 7.28. The van der Waals surface area contributed by atoms with Gasteiger partial charge in [0.15, 0.2) is 0 Å². The Balaban J connectivity index is 1.67. The summed E-state index contributed by atoms with van der Waals surface area (Å²) >= 11 is 0. The quantitative estimate of drug-likeness (QED) is 0.736. The molecule has 0 radical (unpaired) electrons. The smallest absolute Gasteiger partial charge is 0.251 e. The zero-order valence-electron chi connectivity index (χ0n) is 16.0. The molecular weight excluding hydrogens is 320 g/mol. The highest BCUT2D eigenvalue weighted by Gasteiger charge is 2.14. The summed E-state index contributed by atoms with van der Waals surface area (Å²) in [6, 6.07) is 16.4. The first-order chi connectivity index (χ1) is 12.3. The Morgan fingerprint density at radius 1 is 1.00 bits per heavy atom. The molecule has 3 heteroatoms. The molecule has 2 aromatic carbocycles. The monoisotopic (exact) mass is 346 g/mol. The zero-order valence-corrected chi connectivity index (χ0v) is 16.0. The number of carbonyl (C=O) groups excluding carboxylic acids is 1. The third kappa shape index (κ3) is 4.29. The number of hydrogen-bond acceptors (Lipinski definition) is 2. The van der Waals surface area contributed by atoms with Gasteiger partial charge in [0.1, 0.15) is 0 Å². The lowest BCUT2D eigenvalue weighted by atomic mass is 9.86. The van der Waals surface area contributed by atoms with Crippen molar-refractivity contribution in [2.24, 2.45) is 0 Å². The van der Waals surface area contributed by atoms with E-state index in [0.29, 0.717) is 12.1 Å². The Hall–Kier alpha value is -2.68. The number of nitrogens with one attached hydrogen (secondary N) is 1. The molecule has 0 aliphatic carbocycles. The molecule has 0 aliphatic rings. The third-order valence-electron chi connectivity index (χ3n) is 4.64. The first kappa shape index (κ1) is 18.1. The van der Waals surface area contributed by atoms with E-state index in [1.54, 1.807) is 0 Å². The van der Waals surface area contributed by atoms with Gasteiger partial charge >= 0.3 is 0 Å². The molecule has 0 fully saturated rings. The fourth-order valence-corrected chi connectivity index (χ4v) is 2.92. The molecule has 1 amide bonds. The van der Waals surface area contributed by atoms with Crippen molar-refractivity contribution in [2.75, 3.05) is 6.54 Å². The van der Waals surface area contributed by atoms with Crippen LogP contribution in [0.4, 0.5) is 0 Å². The maximum Gasteiger partial charge on any atom is 0.251 e. The van der Waals surface area contributed by atoms with Crippen molar-refractivity contribution in [1.82, 2.24) is 10.3 Å². The minimum Gasteiger partial charge on any atom is -0.352 e. The van der Waals surface area contributed by atoms with Gasteiger partial charge in [-0.15, -0.1) is 0 Å². The Kier molecular flexibility index (Phi) is 5.08. The predicted molar refractivity (Wildman–Crippen MR) is 108 cm³/mol. The Labute approximate surface area is 155 Å². The number of rotatable bonds is 4. The van der Waals surface area contributed by atoms with Crippen LogP contribution >= 0.6 is 0 Å². The number of aryl methyl sites for hydroxylation is 1. The fourth-order valence-electron chi connectivity index (χ4n) is 2.92. The number of hydrogen-bond donors (Lipinski definition) is 1. The molecule has 26 heavy (non-hydrogen) atoms. The largest absolute Gasteiger partial charge is 0.352 e. The average Bonchev–Trinajstić information content (AvgIpc) is 2.61. The molecule has 3 nitrogen and oxygen atoms in total. The van der Waals surface area contributed by atoms with Crippen molar-refractivity contribution < 1.29 is 4.79 Å². The van der Waals surface area contributed by atoms with E-state index in [-0.39, 0.29) is 11.3 Å². The van der Waals surface area contributed by atoms with E-state index < -0.39 is 0 Å². The van der Waals surface area contributed by atoms with Crippen LogP contribution in [0.3, 0.4) is 0 Å². The van der Waals surface area contributed by atoms with E-state index in [4.69, 9.17) is 0 Å². The van der Waals surface area contributed by atoms with Gasteiger partial charge in [-0.3, -0.25) is 9.78 Å². The van der Waals surface area contributed by atoms with E-state index in [9.17, 15) is 4.79 Å². The molecule has 3 rings (SSSR count). The minimum absolute atomic E-state index is 0.0353. The summed E-state index contributed by atoms with van der Waals surface area (Å²) in [5.41, 5.74) is 4.25. The first-order valence-electron chi connectivity index (χ1n) is 9.07. The average molecular weight is 346 g/mol. The van der Waals surface area contributed by atoms with Crippen LogP contribution in [0.2, 0.25) is 0 Å². The maximum absolute atomic E-state index is 12.4. The molecular formula is C23H26N2O. The summed E-state index contributed by atoms with van der Waals surface area (Å²) in [6.45, 7) is 9.19. The van der Waals surface area contributed by atoms with Gasteiger partial charge in [-0.1, -0.05) is 51.1 Å². The van der Waals surface area contributed by atoms with Gasteiger partial charge in [0.2, 0.25) is 0 Å². The molecule has 0 aliphatic heterocycles. The van der Waals surface area contributed by atoms with Crippen LogP contribution in [-0.2, 0) is 11.8 Å². The lowest BCUT2D eigenvalue weighted by molar-refractivity contribution is 0.0954. The van der Waals surface area contributed by atoms with E-state index >= 15 is 0 Å². The van der Waals surface area contributed by atoms with Gasteiger partial charge in [0, 0.05) is 24.0 Å². The van der Waals surface area contributed by atoms with Crippen molar-refractivity contribution in [3.63, 3.8) is 0 Å². The van der Waals surface area contributed by atoms with Gasteiger partial charge in [-0.25, -0.2) is 0 Å². The van der Waals surface area contributed by atoms with Crippen molar-refractivity contribution in [1.29, 1.82) is 0 Å². The van der Waals surface area contributed by atoms with Gasteiger partial charge in [-0.2, -0.15) is 0 Å². The van der Waals surface area contributed by atoms with Crippen LogP contribution in [0.25, 0.3) is 10.8 Å². The van der Waals surface area contributed by atoms with Crippen LogP contribution in [0.15, 0.2) is 54.7 Å². The fraction of sp³-hybridized carbons (Fsp3) is 0.304. The van der Waals surface area contributed by atoms with Crippen molar-refractivity contribution in [3.05, 3.63) is 77.1 Å². The molecule has 134 valence electrons. The molecule has 0 bridgehead atoms. The minimum atomic E-state index is -0.0353. The third-order valence-corrected chi connectivity index (χ3v) is 4.64. The molecule has 0 unspecified atom stereocenters. The number of fused-ring (bicyclic) bond motifs is 1. The van der Waals surface area contributed by atoms with Crippen LogP contribution in [0.5, 0.6) is 0 Å². The summed E-state index contributed by atoms with van der Waals surface area (Å²) in [7, 11) is 0. The predicted octanol–water partition coefficient (Wildman–Crippen LogP) is 4.81. The van der Waals surface area contributed by atoms with E-state index in [1.165, 1.54) is 10.9 Å². The lowest BCUT2D eigenvalue weighted by Crippen LogP contribution is -2.25. The standard InChI is InChI=1S/C23H26N2O/c1-16-5-6-17(15-25-16)11-12-24-22(26)20-8-7-19-14-21(23(2,3)4)10-9-18(19)13-20/h5-10,13-15H,11-12H2,1-4H3,(H,24,26). The number of amides is 1. The Bertz CT molecular complexity index is 921. The highest BCUT2D eigenvalue weighted by atomic mass is 16.1. The van der Waals surface area contributed by atoms with Crippen LogP contribution in [-0.4, -0.2) is 17.4 Å². The number of aromatic nitrogens is 1. The summed E-state index contributed by atoms with van der Waals surface area (Å²) in [5, 5.41) is 5.25. The molecule has 1 heterocycles. The number of nitrogens with zero attached hydrogens (tertiary/aromatic N) is 1. The highest BCUT2D eigenvalue weighted by Crippen LogP contribution is 2.26. The summed E-state index contributed by atoms with van der Waals surface area (Å²) in [6.07, 6.45) is 2.64. The van der Waals surface area contributed by atoms with Crippen molar-refractivity contribution >= 4 is 16.7 Å². The van der Waals surface area contributed by atoms with E-state index in [2.05, 4.69) is 55.3 Å². The number of carbonyl (C=O) groups is 1. The molecule has 3 aromatic rings. The Morgan fingerprint density at radius 3 is 2.42 bits per heavy atom. The number of benzene rings is 2. The molecule has 0 saturated carbocycles. The SMILES string of the molecule is Cc1ccc(CCNC(=O)c2ccc3cc(C(C)(C)C)ccc3c2)cn1. The molecule has 1 aromatic heterocycles. The topological polar surface area (TPSA) is 42.0 Å². The van der Waals surface area contributed by atoms with E-state index in [0.717, 1.165) is 23.1 Å². The van der Waals surface area contributed by atoms with E-state index in [1.807, 2.05) is 37.4 Å². The molecule has 0 spiro atoms. The van der Waals surface area contributed by atoms with Gasteiger partial charge in [-0.05, 0) is 58.9 Å². The first-order valence-corrected chi connectivity index (χ1v) is 9.07. The highest BCUT2D eigenvalue weighted by molar-refractivity contribution is 5.98. The number of pyridine rings is 1. The zero-order chi connectivity index (χ0) is 18.7. The van der Waals surface area contributed by atoms with Crippen LogP contribution in [0.1, 0.15) is 48.0 Å². The molecule has 0 saturated heterocycles. The van der Waals surface area contributed by atoms with Crippen molar-refractivity contribution in [3.8, 4) is 0 Å². The lowest BCUT2D eigenvalue weighted by Gasteiger charge is -2.19. The van der Waals surface area contributed by atoms with Crippen LogP contribution < -0.4 is 5.32 Å². The Morgan fingerprint density at radius 2 is 1.73 bits per heavy atom. The van der Waals surface area contributed by atoms with Crippen LogP contribution in [0, 0.1) is 6.92 Å². The maximum atomic E-state index is 12.4. The van der Waals surface area contributed by atoms with Crippen molar-refractivity contribution in [2.45, 2.75) is 39.5 Å². The molecule has 0 atom stereocenters. The summed E-state index contributed by atoms with van der Waals surface area (Å²) < 4.78 is 0. The summed E-state index contributed by atoms with van der Waals surface area (Å²) in [4.78, 5) is 16.7. The van der Waals surface area contributed by atoms with Gasteiger partial charge in [0.05, 0.1) is 0 Å². The molecule has 1 N–H and O–H groups in total. The summed E-state index contributed by atoms with van der Waals surface area (Å²) in [5.74, 6) is -0.0353. The normalized spacial score (nSPS) is 11.5. The van der Waals surface area contributed by atoms with Gasteiger partial charge < -0.3 is 5.32 Å². The van der Waals surface area contributed by atoms with Gasteiger partial charge in [0.25, 0.3) is 5.91 Å². The second-order valence-corrected chi connectivity index (χ2v) is 7.84.